The van der Waals surface area contributed by atoms with Crippen LogP contribution in [-0.2, 0) is 4.79 Å². The molecule has 3 N–H and O–H groups in total. The SMILES string of the molecule is O=C(Nc1cncc(-c2ncc3[nH]nc(-c4nc5c(N6CCCCC6)cncc5[nH]4)c3c2F)c1)C1CCCCC1. The third-order valence-corrected chi connectivity index (χ3v) is 8.10. The zero-order valence-electron chi connectivity index (χ0n) is 22.1. The van der Waals surface area contributed by atoms with E-state index >= 15 is 4.39 Å². The van der Waals surface area contributed by atoms with Crippen LogP contribution in [0.15, 0.2) is 37.1 Å². The van der Waals surface area contributed by atoms with Gasteiger partial charge < -0.3 is 15.2 Å². The Morgan fingerprint density at radius 3 is 2.58 bits per heavy atom. The maximum Gasteiger partial charge on any atom is 0.227 e. The molecule has 40 heavy (non-hydrogen) atoms. The first-order chi connectivity index (χ1) is 19.7. The van der Waals surface area contributed by atoms with Gasteiger partial charge in [0.05, 0.1) is 52.6 Å². The predicted octanol–water partition coefficient (Wildman–Crippen LogP) is 5.61. The highest BCUT2D eigenvalue weighted by atomic mass is 19.1. The first kappa shape index (κ1) is 24.6. The van der Waals surface area contributed by atoms with Crippen molar-refractivity contribution in [1.82, 2.24) is 35.1 Å². The molecule has 0 aromatic carbocycles. The molecule has 204 valence electrons. The number of hydrogen-bond acceptors (Lipinski definition) is 7. The summed E-state index contributed by atoms with van der Waals surface area (Å²) in [7, 11) is 0. The Hall–Kier alpha value is -4.41. The highest BCUT2D eigenvalue weighted by Gasteiger charge is 2.24. The van der Waals surface area contributed by atoms with Gasteiger partial charge in [-0.25, -0.2) is 9.37 Å². The molecule has 2 fully saturated rings. The van der Waals surface area contributed by atoms with Crippen LogP contribution in [0.25, 0.3) is 44.7 Å². The lowest BCUT2D eigenvalue weighted by atomic mass is 9.88. The highest BCUT2D eigenvalue weighted by molar-refractivity contribution is 5.97. The van der Waals surface area contributed by atoms with Gasteiger partial charge in [0.2, 0.25) is 5.91 Å². The minimum Gasteiger partial charge on any atom is -0.368 e. The Balaban J connectivity index is 1.24. The van der Waals surface area contributed by atoms with Gasteiger partial charge in [-0.15, -0.1) is 0 Å². The van der Waals surface area contributed by atoms with Crippen molar-refractivity contribution in [2.75, 3.05) is 23.3 Å². The fourth-order valence-electron chi connectivity index (χ4n) is 5.99. The zero-order chi connectivity index (χ0) is 27.1. The van der Waals surface area contributed by atoms with E-state index in [9.17, 15) is 4.79 Å². The number of carbonyl (C=O) groups excluding carboxylic acids is 1. The number of pyridine rings is 3. The number of nitrogens with zero attached hydrogens (tertiary/aromatic N) is 6. The van der Waals surface area contributed by atoms with E-state index in [1.165, 1.54) is 12.8 Å². The summed E-state index contributed by atoms with van der Waals surface area (Å²) in [6.07, 6.45) is 16.9. The van der Waals surface area contributed by atoms with E-state index in [0.717, 1.165) is 68.3 Å². The summed E-state index contributed by atoms with van der Waals surface area (Å²) in [5.41, 5.74) is 4.49. The molecule has 0 spiro atoms. The summed E-state index contributed by atoms with van der Waals surface area (Å²) in [6, 6.07) is 1.71. The molecule has 11 heteroatoms. The van der Waals surface area contributed by atoms with Crippen LogP contribution in [0.4, 0.5) is 15.8 Å². The maximum atomic E-state index is 16.1. The normalized spacial score (nSPS) is 16.6. The molecule has 5 aromatic rings. The largest absolute Gasteiger partial charge is 0.368 e. The van der Waals surface area contributed by atoms with E-state index in [-0.39, 0.29) is 22.9 Å². The monoisotopic (exact) mass is 539 g/mol. The number of anilines is 2. The van der Waals surface area contributed by atoms with Gasteiger partial charge in [0.15, 0.2) is 11.6 Å². The highest BCUT2D eigenvalue weighted by Crippen LogP contribution is 2.35. The van der Waals surface area contributed by atoms with Gasteiger partial charge in [0.25, 0.3) is 0 Å². The molecule has 0 atom stereocenters. The second-order valence-electron chi connectivity index (χ2n) is 10.8. The van der Waals surface area contributed by atoms with Crippen molar-refractivity contribution < 1.29 is 9.18 Å². The average Bonchev–Trinajstić information content (AvgIpc) is 3.63. The van der Waals surface area contributed by atoms with E-state index in [2.05, 4.69) is 40.3 Å². The number of aromatic nitrogens is 7. The molecule has 0 bridgehead atoms. The second-order valence-corrected chi connectivity index (χ2v) is 10.8. The van der Waals surface area contributed by atoms with Crippen molar-refractivity contribution in [2.24, 2.45) is 5.92 Å². The summed E-state index contributed by atoms with van der Waals surface area (Å²) in [5, 5.41) is 10.5. The second kappa shape index (κ2) is 10.3. The molecule has 2 aliphatic rings. The first-order valence-corrected chi connectivity index (χ1v) is 14.0. The third-order valence-electron chi connectivity index (χ3n) is 8.10. The number of H-pyrrole nitrogens is 2. The fourth-order valence-corrected chi connectivity index (χ4v) is 5.99. The number of nitrogens with one attached hydrogen (secondary N) is 3. The van der Waals surface area contributed by atoms with Crippen molar-refractivity contribution in [3.05, 3.63) is 42.9 Å². The number of hydrogen-bond donors (Lipinski definition) is 3. The summed E-state index contributed by atoms with van der Waals surface area (Å²) >= 11 is 0. The van der Waals surface area contributed by atoms with Crippen molar-refractivity contribution in [2.45, 2.75) is 51.4 Å². The molecule has 1 amide bonds. The molecular weight excluding hydrogens is 509 g/mol. The Morgan fingerprint density at radius 2 is 1.73 bits per heavy atom. The number of halogens is 1. The molecule has 10 nitrogen and oxygen atoms in total. The number of imidazole rings is 1. The van der Waals surface area contributed by atoms with Crippen molar-refractivity contribution in [3.8, 4) is 22.8 Å². The van der Waals surface area contributed by atoms with Gasteiger partial charge in [0, 0.05) is 30.8 Å². The van der Waals surface area contributed by atoms with Gasteiger partial charge in [-0.3, -0.25) is 24.8 Å². The van der Waals surface area contributed by atoms with Gasteiger partial charge in [-0.05, 0) is 38.2 Å². The summed E-state index contributed by atoms with van der Waals surface area (Å²) in [4.78, 5) is 36.2. The molecule has 1 aliphatic carbocycles. The lowest BCUT2D eigenvalue weighted by Crippen LogP contribution is -2.29. The van der Waals surface area contributed by atoms with Crippen molar-refractivity contribution in [3.63, 3.8) is 0 Å². The number of carbonyl (C=O) groups is 1. The molecule has 1 saturated heterocycles. The van der Waals surface area contributed by atoms with Crippen molar-refractivity contribution in [1.29, 1.82) is 0 Å². The molecule has 5 aromatic heterocycles. The molecule has 7 rings (SSSR count). The Morgan fingerprint density at radius 1 is 0.925 bits per heavy atom. The Labute approximate surface area is 229 Å². The lowest BCUT2D eigenvalue weighted by Gasteiger charge is -2.28. The number of piperidine rings is 1. The van der Waals surface area contributed by atoms with Gasteiger partial charge >= 0.3 is 0 Å². The number of amides is 1. The quantitative estimate of drug-likeness (QED) is 0.265. The fraction of sp³-hybridized carbons (Fsp3) is 0.379. The topological polar surface area (TPSA) is 128 Å². The van der Waals surface area contributed by atoms with E-state index in [1.807, 2.05) is 6.20 Å². The Kier molecular flexibility index (Phi) is 6.33. The molecular formula is C29H30FN9O. The number of aromatic amines is 2. The van der Waals surface area contributed by atoms with Crippen LogP contribution in [0.2, 0.25) is 0 Å². The molecule has 0 unspecified atom stereocenters. The van der Waals surface area contributed by atoms with Crippen molar-refractivity contribution >= 4 is 39.2 Å². The number of rotatable bonds is 5. The van der Waals surface area contributed by atoms with Gasteiger partial charge in [-0.1, -0.05) is 19.3 Å². The van der Waals surface area contributed by atoms with E-state index in [0.29, 0.717) is 28.3 Å². The summed E-state index contributed by atoms with van der Waals surface area (Å²) in [6.45, 7) is 1.93. The van der Waals surface area contributed by atoms with Crippen LogP contribution in [0.5, 0.6) is 0 Å². The first-order valence-electron chi connectivity index (χ1n) is 14.0. The van der Waals surface area contributed by atoms with Crippen LogP contribution in [0.1, 0.15) is 51.4 Å². The molecule has 1 saturated carbocycles. The minimum absolute atomic E-state index is 0.00606. The standard InChI is InChI=1S/C29H30FN9O/c30-24-23-20(15-33-25(24)18-11-19(13-31-12-18)34-29(40)17-7-3-1-4-8-17)37-38-27(23)28-35-21-14-32-16-22(26(21)36-28)39-9-5-2-6-10-39/h11-17H,1-10H2,(H,34,40)(H,35,36)(H,37,38). The zero-order valence-corrected chi connectivity index (χ0v) is 22.1. The Bertz CT molecular complexity index is 1700. The average molecular weight is 540 g/mol. The van der Waals surface area contributed by atoms with Crippen LogP contribution in [0, 0.1) is 11.7 Å². The molecule has 6 heterocycles. The van der Waals surface area contributed by atoms with Crippen LogP contribution < -0.4 is 10.2 Å². The van der Waals surface area contributed by atoms with E-state index in [1.54, 1.807) is 30.9 Å². The third kappa shape index (κ3) is 4.44. The summed E-state index contributed by atoms with van der Waals surface area (Å²) in [5.74, 6) is -0.0849. The molecule has 0 radical (unpaired) electrons. The molecule has 1 aliphatic heterocycles. The smallest absolute Gasteiger partial charge is 0.227 e. The predicted molar refractivity (Wildman–Crippen MR) is 151 cm³/mol. The van der Waals surface area contributed by atoms with Crippen LogP contribution in [0.3, 0.4) is 0 Å². The maximum absolute atomic E-state index is 16.1. The van der Waals surface area contributed by atoms with Gasteiger partial charge in [0.1, 0.15) is 16.9 Å². The minimum atomic E-state index is -0.534. The van der Waals surface area contributed by atoms with E-state index in [4.69, 9.17) is 4.98 Å². The van der Waals surface area contributed by atoms with Crippen LogP contribution in [-0.4, -0.2) is 54.1 Å². The van der Waals surface area contributed by atoms with E-state index < -0.39 is 5.82 Å². The van der Waals surface area contributed by atoms with Crippen LogP contribution >= 0.6 is 0 Å². The lowest BCUT2D eigenvalue weighted by molar-refractivity contribution is -0.120. The van der Waals surface area contributed by atoms with Gasteiger partial charge in [-0.2, -0.15) is 5.10 Å². The number of fused-ring (bicyclic) bond motifs is 2. The summed E-state index contributed by atoms with van der Waals surface area (Å²) < 4.78 is 16.1.